The summed E-state index contributed by atoms with van der Waals surface area (Å²) in [5, 5.41) is 25.5. The zero-order chi connectivity index (χ0) is 24.7. The van der Waals surface area contributed by atoms with Gasteiger partial charge in [0.1, 0.15) is 5.82 Å². The topological polar surface area (TPSA) is 132 Å². The lowest BCUT2D eigenvalue weighted by atomic mass is 10.3. The van der Waals surface area contributed by atoms with Gasteiger partial charge in [0, 0.05) is 29.4 Å². The predicted molar refractivity (Wildman–Crippen MR) is 131 cm³/mol. The molecule has 2 amide bonds. The smallest absolute Gasteiger partial charge is 0.271 e. The van der Waals surface area contributed by atoms with Gasteiger partial charge in [0.05, 0.1) is 27.8 Å². The number of anilines is 2. The Kier molecular flexibility index (Phi) is 8.63. The summed E-state index contributed by atoms with van der Waals surface area (Å²) in [5.74, 6) is -0.404. The van der Waals surface area contributed by atoms with Gasteiger partial charge in [-0.25, -0.2) is 0 Å². The summed E-state index contributed by atoms with van der Waals surface area (Å²) in [6.07, 6.45) is 1.58. The lowest BCUT2D eigenvalue weighted by Gasteiger charge is -2.09. The largest absolute Gasteiger partial charge is 0.326 e. The van der Waals surface area contributed by atoms with Crippen molar-refractivity contribution in [1.82, 2.24) is 14.8 Å². The summed E-state index contributed by atoms with van der Waals surface area (Å²) in [7, 11) is 0. The minimum atomic E-state index is -0.580. The Morgan fingerprint density at radius 3 is 2.53 bits per heavy atom. The van der Waals surface area contributed by atoms with Crippen LogP contribution in [0.25, 0.3) is 0 Å². The van der Waals surface area contributed by atoms with Crippen molar-refractivity contribution < 1.29 is 14.5 Å². The lowest BCUT2D eigenvalue weighted by molar-refractivity contribution is -0.384. The summed E-state index contributed by atoms with van der Waals surface area (Å²) < 4.78 is 1.67. The van der Waals surface area contributed by atoms with Crippen LogP contribution in [-0.2, 0) is 22.6 Å². The van der Waals surface area contributed by atoms with Gasteiger partial charge in [-0.15, -0.1) is 16.8 Å². The molecular formula is C21H18Cl2N6O4S. The number of rotatable bonds is 10. The third-order valence-corrected chi connectivity index (χ3v) is 5.87. The van der Waals surface area contributed by atoms with Crippen molar-refractivity contribution in [2.45, 2.75) is 18.1 Å². The van der Waals surface area contributed by atoms with Crippen LogP contribution in [0.2, 0.25) is 10.0 Å². The van der Waals surface area contributed by atoms with Gasteiger partial charge in [0.2, 0.25) is 11.8 Å². The van der Waals surface area contributed by atoms with Crippen LogP contribution in [0.5, 0.6) is 0 Å². The molecular weight excluding hydrogens is 503 g/mol. The van der Waals surface area contributed by atoms with Gasteiger partial charge in [-0.1, -0.05) is 41.0 Å². The third-order valence-electron chi connectivity index (χ3n) is 4.32. The number of halogens is 2. The van der Waals surface area contributed by atoms with Crippen LogP contribution in [0.3, 0.4) is 0 Å². The molecule has 176 valence electrons. The highest BCUT2D eigenvalue weighted by Gasteiger charge is 2.17. The summed E-state index contributed by atoms with van der Waals surface area (Å²) >= 11 is 13.0. The van der Waals surface area contributed by atoms with Crippen molar-refractivity contribution in [2.75, 3.05) is 16.4 Å². The molecule has 2 aromatic carbocycles. The Bertz CT molecular complexity index is 1230. The number of allylic oxidation sites excluding steroid dienone is 1. The van der Waals surface area contributed by atoms with Crippen LogP contribution in [0.1, 0.15) is 5.82 Å². The van der Waals surface area contributed by atoms with E-state index < -0.39 is 10.8 Å². The number of aromatic nitrogens is 3. The SMILES string of the molecule is C=CCn1c(CC(=O)Nc2ccc(Cl)cc2)nnc1SCC(=O)Nc1cc([N+](=O)[O-])ccc1Cl. The fraction of sp³-hybridized carbons (Fsp3) is 0.143. The second kappa shape index (κ2) is 11.6. The zero-order valence-corrected chi connectivity index (χ0v) is 19.9. The number of amides is 2. The van der Waals surface area contributed by atoms with E-state index in [4.69, 9.17) is 23.2 Å². The average Bonchev–Trinajstić information content (AvgIpc) is 3.16. The highest BCUT2D eigenvalue weighted by Crippen LogP contribution is 2.27. The zero-order valence-electron chi connectivity index (χ0n) is 17.5. The van der Waals surface area contributed by atoms with E-state index in [0.29, 0.717) is 28.2 Å². The van der Waals surface area contributed by atoms with E-state index in [-0.39, 0.29) is 34.5 Å². The van der Waals surface area contributed by atoms with E-state index in [0.717, 1.165) is 11.8 Å². The first-order valence-electron chi connectivity index (χ1n) is 9.71. The average molecular weight is 521 g/mol. The number of non-ortho nitro benzene ring substituents is 1. The number of nitro benzene ring substituents is 1. The predicted octanol–water partition coefficient (Wildman–Crippen LogP) is 4.59. The molecule has 0 spiro atoms. The van der Waals surface area contributed by atoms with Crippen LogP contribution in [0.4, 0.5) is 17.1 Å². The third kappa shape index (κ3) is 6.80. The second-order valence-corrected chi connectivity index (χ2v) is 8.57. The monoisotopic (exact) mass is 520 g/mol. The number of nitrogens with one attached hydrogen (secondary N) is 2. The van der Waals surface area contributed by atoms with Gasteiger partial charge in [-0.3, -0.25) is 19.7 Å². The first-order chi connectivity index (χ1) is 16.3. The number of benzene rings is 2. The Labute approximate surface area is 208 Å². The summed E-state index contributed by atoms with van der Waals surface area (Å²) in [6, 6.07) is 10.5. The fourth-order valence-corrected chi connectivity index (χ4v) is 3.85. The van der Waals surface area contributed by atoms with Crippen LogP contribution in [0, 0.1) is 10.1 Å². The minimum Gasteiger partial charge on any atom is -0.326 e. The van der Waals surface area contributed by atoms with Gasteiger partial charge < -0.3 is 15.2 Å². The molecule has 3 rings (SSSR count). The molecule has 1 heterocycles. The normalized spacial score (nSPS) is 10.5. The Hall–Kier alpha value is -3.41. The Morgan fingerprint density at radius 2 is 1.85 bits per heavy atom. The van der Waals surface area contributed by atoms with Gasteiger partial charge in [0.15, 0.2) is 5.16 Å². The minimum absolute atomic E-state index is 0.0421. The van der Waals surface area contributed by atoms with E-state index in [1.165, 1.54) is 18.2 Å². The van der Waals surface area contributed by atoms with Crippen molar-refractivity contribution in [3.8, 4) is 0 Å². The first-order valence-corrected chi connectivity index (χ1v) is 11.5. The number of hydrogen-bond donors (Lipinski definition) is 2. The molecule has 0 saturated carbocycles. The molecule has 1 aromatic heterocycles. The Morgan fingerprint density at radius 1 is 1.12 bits per heavy atom. The van der Waals surface area contributed by atoms with E-state index in [1.807, 2.05) is 0 Å². The number of carbonyl (C=O) groups excluding carboxylic acids is 2. The molecule has 3 aromatic rings. The molecule has 34 heavy (non-hydrogen) atoms. The van der Waals surface area contributed by atoms with Crippen LogP contribution >= 0.6 is 35.0 Å². The van der Waals surface area contributed by atoms with Gasteiger partial charge >= 0.3 is 0 Å². The van der Waals surface area contributed by atoms with Crippen molar-refractivity contribution in [1.29, 1.82) is 0 Å². The molecule has 0 aliphatic rings. The van der Waals surface area contributed by atoms with Crippen molar-refractivity contribution in [3.05, 3.63) is 81.1 Å². The molecule has 0 bridgehead atoms. The highest BCUT2D eigenvalue weighted by atomic mass is 35.5. The molecule has 13 heteroatoms. The Balaban J connectivity index is 1.64. The van der Waals surface area contributed by atoms with E-state index in [2.05, 4.69) is 27.4 Å². The number of nitro groups is 1. The van der Waals surface area contributed by atoms with Crippen LogP contribution in [-0.4, -0.2) is 37.3 Å². The molecule has 0 aliphatic heterocycles. The van der Waals surface area contributed by atoms with E-state index >= 15 is 0 Å². The fourth-order valence-electron chi connectivity index (χ4n) is 2.79. The second-order valence-electron chi connectivity index (χ2n) is 6.79. The van der Waals surface area contributed by atoms with Crippen molar-refractivity contribution in [3.63, 3.8) is 0 Å². The molecule has 0 saturated heterocycles. The molecule has 0 aliphatic carbocycles. The van der Waals surface area contributed by atoms with Crippen LogP contribution < -0.4 is 10.6 Å². The molecule has 0 atom stereocenters. The molecule has 2 N–H and O–H groups in total. The van der Waals surface area contributed by atoms with Gasteiger partial charge in [0.25, 0.3) is 5.69 Å². The molecule has 0 unspecified atom stereocenters. The van der Waals surface area contributed by atoms with Crippen molar-refractivity contribution in [2.24, 2.45) is 0 Å². The summed E-state index contributed by atoms with van der Waals surface area (Å²) in [5.41, 5.74) is 0.531. The van der Waals surface area contributed by atoms with Gasteiger partial charge in [-0.05, 0) is 30.3 Å². The maximum Gasteiger partial charge on any atom is 0.271 e. The van der Waals surface area contributed by atoms with E-state index in [9.17, 15) is 19.7 Å². The lowest BCUT2D eigenvalue weighted by Crippen LogP contribution is -2.18. The molecule has 0 radical (unpaired) electrons. The number of hydrogen-bond acceptors (Lipinski definition) is 7. The van der Waals surface area contributed by atoms with Crippen LogP contribution in [0.15, 0.2) is 60.3 Å². The maximum atomic E-state index is 12.4. The quantitative estimate of drug-likeness (QED) is 0.173. The molecule has 10 nitrogen and oxygen atoms in total. The molecule has 0 fully saturated rings. The van der Waals surface area contributed by atoms with E-state index in [1.54, 1.807) is 34.9 Å². The van der Waals surface area contributed by atoms with Gasteiger partial charge in [-0.2, -0.15) is 0 Å². The number of nitrogens with zero attached hydrogens (tertiary/aromatic N) is 4. The summed E-state index contributed by atoms with van der Waals surface area (Å²) in [4.78, 5) is 35.2. The maximum absolute atomic E-state index is 12.4. The number of thioether (sulfide) groups is 1. The highest BCUT2D eigenvalue weighted by molar-refractivity contribution is 7.99. The first kappa shape index (κ1) is 25.2. The summed E-state index contributed by atoms with van der Waals surface area (Å²) in [6.45, 7) is 4.04. The standard InChI is InChI=1S/C21H18Cl2N6O4S/c1-2-9-28-18(11-19(30)24-14-5-3-13(22)4-6-14)26-27-21(28)34-12-20(31)25-17-10-15(29(32)33)7-8-16(17)23/h2-8,10H,1,9,11-12H2,(H,24,30)(H,25,31). The number of carbonyl (C=O) groups is 2. The van der Waals surface area contributed by atoms with Crippen molar-refractivity contribution >= 4 is 63.8 Å².